The number of carbonyl (C=O) groups is 1. The minimum absolute atomic E-state index is 0.0624. The van der Waals surface area contributed by atoms with Crippen LogP contribution in [0.3, 0.4) is 0 Å². The maximum Gasteiger partial charge on any atom is 0.226 e. The molecule has 1 atom stereocenters. The fourth-order valence-electron chi connectivity index (χ4n) is 1.42. The second kappa shape index (κ2) is 4.73. The first-order valence-electron chi connectivity index (χ1n) is 4.89. The lowest BCUT2D eigenvalue weighted by Gasteiger charge is -2.03. The highest BCUT2D eigenvalue weighted by Crippen LogP contribution is 2.53. The molecule has 1 heterocycles. The zero-order valence-corrected chi connectivity index (χ0v) is 11.4. The molecule has 1 aliphatic rings. The molecule has 1 aromatic heterocycles. The van der Waals surface area contributed by atoms with E-state index in [-0.39, 0.29) is 11.8 Å². The molecule has 0 aliphatic heterocycles. The van der Waals surface area contributed by atoms with Gasteiger partial charge in [0.15, 0.2) is 0 Å². The minimum Gasteiger partial charge on any atom is -0.355 e. The van der Waals surface area contributed by atoms with Crippen molar-refractivity contribution >= 4 is 52.0 Å². The fraction of sp³-hybridized carbons (Fsp3) is 0.500. The highest BCUT2D eigenvalue weighted by Gasteiger charge is 2.56. The van der Waals surface area contributed by atoms with Gasteiger partial charge in [0.2, 0.25) is 5.91 Å². The first-order valence-corrected chi connectivity index (χ1v) is 6.84. The second-order valence-electron chi connectivity index (χ2n) is 3.76. The first kappa shape index (κ1) is 12.5. The van der Waals surface area contributed by atoms with Gasteiger partial charge in [-0.05, 0) is 25.0 Å². The maximum absolute atomic E-state index is 11.5. The third kappa shape index (κ3) is 3.04. The summed E-state index contributed by atoms with van der Waals surface area (Å²) in [7, 11) is 0. The Bertz CT molecular complexity index is 405. The summed E-state index contributed by atoms with van der Waals surface area (Å²) in [6, 6.07) is 3.82. The molecule has 0 bridgehead atoms. The van der Waals surface area contributed by atoms with Crippen LogP contribution in [-0.4, -0.2) is 16.8 Å². The molecule has 0 spiro atoms. The number of amides is 1. The summed E-state index contributed by atoms with van der Waals surface area (Å²) in [6.07, 6.45) is 1.33. The Balaban J connectivity index is 1.71. The van der Waals surface area contributed by atoms with Crippen molar-refractivity contribution in [1.82, 2.24) is 5.32 Å². The number of rotatable bonds is 4. The molecule has 2 nitrogen and oxygen atoms in total. The molecule has 0 radical (unpaired) electrons. The highest BCUT2D eigenvalue weighted by molar-refractivity contribution is 7.16. The molecule has 1 saturated carbocycles. The van der Waals surface area contributed by atoms with E-state index in [9.17, 15) is 4.79 Å². The van der Waals surface area contributed by atoms with E-state index in [0.29, 0.717) is 13.0 Å². The number of alkyl halides is 2. The van der Waals surface area contributed by atoms with Crippen molar-refractivity contribution < 1.29 is 4.79 Å². The molecule has 1 amide bonds. The van der Waals surface area contributed by atoms with Gasteiger partial charge in [0, 0.05) is 11.4 Å². The summed E-state index contributed by atoms with van der Waals surface area (Å²) in [6.45, 7) is 0.593. The number of carbonyl (C=O) groups excluding carboxylic acids is 1. The summed E-state index contributed by atoms with van der Waals surface area (Å²) < 4.78 is -0.0693. The molecule has 0 aromatic carbocycles. The van der Waals surface area contributed by atoms with Crippen LogP contribution < -0.4 is 5.32 Å². The van der Waals surface area contributed by atoms with Crippen LogP contribution in [0.5, 0.6) is 0 Å². The van der Waals surface area contributed by atoms with E-state index in [1.54, 1.807) is 0 Å². The zero-order chi connectivity index (χ0) is 11.8. The van der Waals surface area contributed by atoms with Gasteiger partial charge >= 0.3 is 0 Å². The van der Waals surface area contributed by atoms with Crippen LogP contribution >= 0.6 is 46.1 Å². The zero-order valence-electron chi connectivity index (χ0n) is 8.30. The molecular weight excluding hydrogens is 289 g/mol. The SMILES string of the molecule is O=C(NCCc1ccc(Cl)s1)C1CC1(Cl)Cl. The Morgan fingerprint density at radius 3 is 2.75 bits per heavy atom. The second-order valence-corrected chi connectivity index (χ2v) is 7.11. The first-order chi connectivity index (χ1) is 7.49. The van der Waals surface area contributed by atoms with Gasteiger partial charge in [-0.15, -0.1) is 34.5 Å². The maximum atomic E-state index is 11.5. The van der Waals surface area contributed by atoms with Gasteiger partial charge in [-0.3, -0.25) is 4.79 Å². The van der Waals surface area contributed by atoms with Gasteiger partial charge in [0.1, 0.15) is 4.33 Å². The quantitative estimate of drug-likeness (QED) is 0.849. The van der Waals surface area contributed by atoms with Crippen LogP contribution in [0.1, 0.15) is 11.3 Å². The standard InChI is InChI=1S/C10H10Cl3NOS/c11-8-2-1-6(16-8)3-4-14-9(15)7-5-10(7,12)13/h1-2,7H,3-5H2,(H,14,15). The summed E-state index contributed by atoms with van der Waals surface area (Å²) in [5, 5.41) is 2.81. The van der Waals surface area contributed by atoms with E-state index in [4.69, 9.17) is 34.8 Å². The molecular formula is C10H10Cl3NOS. The van der Waals surface area contributed by atoms with Crippen molar-refractivity contribution in [3.8, 4) is 0 Å². The minimum atomic E-state index is -0.837. The Kier molecular flexibility index (Phi) is 3.69. The van der Waals surface area contributed by atoms with Gasteiger partial charge < -0.3 is 5.32 Å². The smallest absolute Gasteiger partial charge is 0.226 e. The van der Waals surface area contributed by atoms with E-state index in [2.05, 4.69) is 5.32 Å². The number of hydrogen-bond acceptors (Lipinski definition) is 2. The van der Waals surface area contributed by atoms with Crippen molar-refractivity contribution in [3.05, 3.63) is 21.3 Å². The predicted molar refractivity (Wildman–Crippen MR) is 68.6 cm³/mol. The van der Waals surface area contributed by atoms with E-state index >= 15 is 0 Å². The van der Waals surface area contributed by atoms with Crippen LogP contribution in [0, 0.1) is 5.92 Å². The summed E-state index contributed by atoms with van der Waals surface area (Å²) in [4.78, 5) is 12.7. The number of thiophene rings is 1. The molecule has 1 fully saturated rings. The molecule has 1 unspecified atom stereocenters. The normalized spacial score (nSPS) is 21.8. The third-order valence-corrected chi connectivity index (χ3v) is 4.57. The fourth-order valence-corrected chi connectivity index (χ4v) is 3.01. The number of nitrogens with one attached hydrogen (secondary N) is 1. The van der Waals surface area contributed by atoms with Crippen molar-refractivity contribution in [3.63, 3.8) is 0 Å². The molecule has 1 aliphatic carbocycles. The molecule has 88 valence electrons. The average Bonchev–Trinajstić information content (AvgIpc) is 2.64. The highest BCUT2D eigenvalue weighted by atomic mass is 35.5. The largest absolute Gasteiger partial charge is 0.355 e. The monoisotopic (exact) mass is 297 g/mol. The Morgan fingerprint density at radius 2 is 2.25 bits per heavy atom. The Labute approximate surface area is 113 Å². The van der Waals surface area contributed by atoms with E-state index in [0.717, 1.165) is 15.6 Å². The van der Waals surface area contributed by atoms with Crippen molar-refractivity contribution in [2.45, 2.75) is 17.2 Å². The summed E-state index contributed by atoms with van der Waals surface area (Å²) in [5.41, 5.74) is 0. The molecule has 1 aromatic rings. The number of halogens is 3. The molecule has 6 heteroatoms. The molecule has 1 N–H and O–H groups in total. The van der Waals surface area contributed by atoms with Crippen molar-refractivity contribution in [2.75, 3.05) is 6.54 Å². The summed E-state index contributed by atoms with van der Waals surface area (Å²) in [5.74, 6) is -0.310. The average molecular weight is 299 g/mol. The Morgan fingerprint density at radius 1 is 1.56 bits per heavy atom. The topological polar surface area (TPSA) is 29.1 Å². The predicted octanol–water partition coefficient (Wildman–Crippen LogP) is 3.25. The molecule has 2 rings (SSSR count). The lowest BCUT2D eigenvalue weighted by molar-refractivity contribution is -0.122. The number of hydrogen-bond donors (Lipinski definition) is 1. The van der Waals surface area contributed by atoms with Crippen LogP contribution in [-0.2, 0) is 11.2 Å². The lowest BCUT2D eigenvalue weighted by Crippen LogP contribution is -2.28. The van der Waals surface area contributed by atoms with Gasteiger partial charge in [-0.25, -0.2) is 0 Å². The van der Waals surface area contributed by atoms with Crippen LogP contribution in [0.2, 0.25) is 4.34 Å². The molecule has 16 heavy (non-hydrogen) atoms. The van der Waals surface area contributed by atoms with E-state index < -0.39 is 4.33 Å². The third-order valence-electron chi connectivity index (χ3n) is 2.44. The van der Waals surface area contributed by atoms with Crippen molar-refractivity contribution in [2.24, 2.45) is 5.92 Å². The van der Waals surface area contributed by atoms with Gasteiger partial charge in [0.05, 0.1) is 10.3 Å². The Hall–Kier alpha value is 0.0400. The van der Waals surface area contributed by atoms with E-state index in [1.165, 1.54) is 11.3 Å². The van der Waals surface area contributed by atoms with Gasteiger partial charge in [-0.1, -0.05) is 11.6 Å². The van der Waals surface area contributed by atoms with Crippen molar-refractivity contribution in [1.29, 1.82) is 0 Å². The van der Waals surface area contributed by atoms with Crippen LogP contribution in [0.4, 0.5) is 0 Å². The van der Waals surface area contributed by atoms with E-state index in [1.807, 2.05) is 12.1 Å². The van der Waals surface area contributed by atoms with Crippen LogP contribution in [0.15, 0.2) is 12.1 Å². The lowest BCUT2D eigenvalue weighted by atomic mass is 10.3. The van der Waals surface area contributed by atoms with Crippen LogP contribution in [0.25, 0.3) is 0 Å². The molecule has 0 saturated heterocycles. The summed E-state index contributed by atoms with van der Waals surface area (Å²) >= 11 is 18.9. The van der Waals surface area contributed by atoms with Gasteiger partial charge in [-0.2, -0.15) is 0 Å². The van der Waals surface area contributed by atoms with Gasteiger partial charge in [0.25, 0.3) is 0 Å².